The molecule has 104 valence electrons. The number of aryl methyl sites for hydroxylation is 1. The van der Waals surface area contributed by atoms with Crippen LogP contribution >= 0.6 is 11.2 Å². The zero-order valence-electron chi connectivity index (χ0n) is 12.6. The zero-order chi connectivity index (χ0) is 14.6. The zero-order valence-corrected chi connectivity index (χ0v) is 14.4. The van der Waals surface area contributed by atoms with E-state index in [4.69, 9.17) is 0 Å². The molecule has 0 unspecified atom stereocenters. The van der Waals surface area contributed by atoms with Gasteiger partial charge in [0.15, 0.2) is 0 Å². The van der Waals surface area contributed by atoms with Crippen molar-refractivity contribution in [3.05, 3.63) is 59.7 Å². The minimum atomic E-state index is -1.14. The van der Waals surface area contributed by atoms with Gasteiger partial charge in [-0.2, -0.15) is 11.2 Å². The monoisotopic (exact) mass is 299 g/mol. The van der Waals surface area contributed by atoms with Crippen LogP contribution in [0.15, 0.2) is 58.4 Å². The van der Waals surface area contributed by atoms with Gasteiger partial charge in [-0.3, -0.25) is 4.99 Å². The number of hydrogen-bond acceptors (Lipinski definition) is 2. The molecule has 0 saturated heterocycles. The number of benzene rings is 2. The lowest BCUT2D eigenvalue weighted by Gasteiger charge is -2.15. The van der Waals surface area contributed by atoms with Gasteiger partial charge in [0.05, 0.1) is 5.69 Å². The average molecular weight is 300 g/mol. The van der Waals surface area contributed by atoms with E-state index in [-0.39, 0.29) is 0 Å². The van der Waals surface area contributed by atoms with E-state index in [1.54, 1.807) is 0 Å². The number of nitrogens with zero attached hydrogens (tertiary/aromatic N) is 1. The Labute approximate surface area is 126 Å². The first-order chi connectivity index (χ1) is 9.44. The maximum Gasteiger partial charge on any atom is 0.114 e. The molecule has 0 spiro atoms. The number of hydrogen-bond donors (Lipinski definition) is 0. The molecule has 0 amide bonds. The lowest BCUT2D eigenvalue weighted by atomic mass is 10.2. The van der Waals surface area contributed by atoms with Gasteiger partial charge in [-0.15, -0.1) is 0 Å². The van der Waals surface area contributed by atoms with Crippen LogP contribution in [0, 0.1) is 6.92 Å². The molecule has 1 nitrogen and oxygen atoms in total. The van der Waals surface area contributed by atoms with Gasteiger partial charge in [0, 0.05) is 11.1 Å². The summed E-state index contributed by atoms with van der Waals surface area (Å²) >= 11 is 2.02. The fourth-order valence-corrected chi connectivity index (χ4v) is 5.42. The van der Waals surface area contributed by atoms with Crippen molar-refractivity contribution in [3.63, 3.8) is 0 Å². The molecule has 0 heterocycles. The Morgan fingerprint density at radius 1 is 1.00 bits per heavy atom. The molecule has 0 aliphatic carbocycles. The third-order valence-corrected chi connectivity index (χ3v) is 6.40. The van der Waals surface area contributed by atoms with Crippen molar-refractivity contribution in [2.45, 2.75) is 31.5 Å². The molecule has 2 aromatic rings. The van der Waals surface area contributed by atoms with Crippen molar-refractivity contribution in [1.82, 2.24) is 0 Å². The van der Waals surface area contributed by atoms with Gasteiger partial charge in [-0.1, -0.05) is 50.0 Å². The molecule has 0 aromatic heterocycles. The SMILES string of the molecule is Cc1ccccc1N=Cc1cccc(S[Si](C)(C)C)c1. The molecule has 0 atom stereocenters. The van der Waals surface area contributed by atoms with Crippen LogP contribution in [0.4, 0.5) is 5.69 Å². The molecular formula is C17H21NSSi. The summed E-state index contributed by atoms with van der Waals surface area (Å²) in [5, 5.41) is 0. The van der Waals surface area contributed by atoms with Crippen LogP contribution in [-0.4, -0.2) is 13.4 Å². The van der Waals surface area contributed by atoms with Crippen molar-refractivity contribution >= 4 is 30.3 Å². The Kier molecular flexibility index (Phi) is 4.84. The summed E-state index contributed by atoms with van der Waals surface area (Å²) in [6.07, 6.45) is 1.95. The highest BCUT2D eigenvalue weighted by molar-refractivity contribution is 8.28. The third kappa shape index (κ3) is 4.65. The lowest BCUT2D eigenvalue weighted by Crippen LogP contribution is -2.13. The molecule has 3 heteroatoms. The van der Waals surface area contributed by atoms with Gasteiger partial charge < -0.3 is 0 Å². The topological polar surface area (TPSA) is 12.4 Å². The van der Waals surface area contributed by atoms with Crippen molar-refractivity contribution in [2.75, 3.05) is 0 Å². The normalized spacial score (nSPS) is 12.0. The summed E-state index contributed by atoms with van der Waals surface area (Å²) in [6, 6.07) is 16.8. The summed E-state index contributed by atoms with van der Waals surface area (Å²) in [5.41, 5.74) is 3.41. The number of para-hydroxylation sites is 1. The molecule has 2 aromatic carbocycles. The summed E-state index contributed by atoms with van der Waals surface area (Å²) < 4.78 is 0. The predicted octanol–water partition coefficient (Wildman–Crippen LogP) is 5.67. The summed E-state index contributed by atoms with van der Waals surface area (Å²) in [5.74, 6) is 0. The fourth-order valence-electron chi connectivity index (χ4n) is 1.86. The molecule has 0 aliphatic heterocycles. The van der Waals surface area contributed by atoms with E-state index in [1.165, 1.54) is 10.5 Å². The Hall–Kier alpha value is -1.32. The van der Waals surface area contributed by atoms with E-state index >= 15 is 0 Å². The first kappa shape index (κ1) is 15.1. The highest BCUT2D eigenvalue weighted by Crippen LogP contribution is 2.29. The predicted molar refractivity (Wildman–Crippen MR) is 94.1 cm³/mol. The van der Waals surface area contributed by atoms with E-state index < -0.39 is 7.22 Å². The Morgan fingerprint density at radius 2 is 1.75 bits per heavy atom. The molecule has 0 radical (unpaired) electrons. The molecule has 0 N–H and O–H groups in total. The molecule has 20 heavy (non-hydrogen) atoms. The van der Waals surface area contributed by atoms with Crippen molar-refractivity contribution in [3.8, 4) is 0 Å². The van der Waals surface area contributed by atoms with E-state index in [0.29, 0.717) is 0 Å². The fraction of sp³-hybridized carbons (Fsp3) is 0.235. The van der Waals surface area contributed by atoms with Crippen LogP contribution in [0.25, 0.3) is 0 Å². The summed E-state index contributed by atoms with van der Waals surface area (Å²) in [6.45, 7) is 9.19. The minimum Gasteiger partial charge on any atom is -0.256 e. The number of aliphatic imine (C=N–C) groups is 1. The van der Waals surface area contributed by atoms with Crippen molar-refractivity contribution in [2.24, 2.45) is 4.99 Å². The standard InChI is InChI=1S/C17H21NSSi/c1-14-8-5-6-11-17(14)18-13-15-9-7-10-16(12-15)19-20(2,3)4/h5-13H,1-4H3. The minimum absolute atomic E-state index is 1.04. The maximum atomic E-state index is 4.59. The molecule has 2 rings (SSSR count). The van der Waals surface area contributed by atoms with Crippen LogP contribution in [0.1, 0.15) is 11.1 Å². The van der Waals surface area contributed by atoms with Crippen LogP contribution in [0.2, 0.25) is 19.6 Å². The van der Waals surface area contributed by atoms with E-state index in [0.717, 1.165) is 11.3 Å². The Morgan fingerprint density at radius 3 is 2.45 bits per heavy atom. The van der Waals surface area contributed by atoms with E-state index in [2.05, 4.69) is 61.9 Å². The first-order valence-corrected chi connectivity index (χ1v) is 11.9. The lowest BCUT2D eigenvalue weighted by molar-refractivity contribution is 1.40. The first-order valence-electron chi connectivity index (χ1n) is 6.83. The maximum absolute atomic E-state index is 4.59. The molecule has 0 saturated carbocycles. The van der Waals surface area contributed by atoms with Crippen LogP contribution in [-0.2, 0) is 0 Å². The molecule has 0 fully saturated rings. The average Bonchev–Trinajstić information content (AvgIpc) is 2.36. The Bertz CT molecular complexity index is 614. The van der Waals surface area contributed by atoms with Gasteiger partial charge in [-0.05, 0) is 36.2 Å². The van der Waals surface area contributed by atoms with Crippen LogP contribution < -0.4 is 0 Å². The highest BCUT2D eigenvalue weighted by atomic mass is 32.4. The summed E-state index contributed by atoms with van der Waals surface area (Å²) in [4.78, 5) is 5.94. The summed E-state index contributed by atoms with van der Waals surface area (Å²) in [7, 11) is -1.14. The van der Waals surface area contributed by atoms with Crippen molar-refractivity contribution in [1.29, 1.82) is 0 Å². The molecule has 0 bridgehead atoms. The smallest absolute Gasteiger partial charge is 0.114 e. The van der Waals surface area contributed by atoms with E-state index in [9.17, 15) is 0 Å². The highest BCUT2D eigenvalue weighted by Gasteiger charge is 2.14. The van der Waals surface area contributed by atoms with Gasteiger partial charge in [0.2, 0.25) is 0 Å². The van der Waals surface area contributed by atoms with Crippen LogP contribution in [0.5, 0.6) is 0 Å². The van der Waals surface area contributed by atoms with E-state index in [1.807, 2.05) is 35.6 Å². The second-order valence-electron chi connectivity index (χ2n) is 5.83. The van der Waals surface area contributed by atoms with Gasteiger partial charge in [0.1, 0.15) is 7.22 Å². The third-order valence-electron chi connectivity index (χ3n) is 2.75. The Balaban J connectivity index is 2.18. The van der Waals surface area contributed by atoms with Gasteiger partial charge >= 0.3 is 0 Å². The molecular weight excluding hydrogens is 278 g/mol. The molecule has 0 aliphatic rings. The quantitative estimate of drug-likeness (QED) is 0.523. The second kappa shape index (κ2) is 6.42. The van der Waals surface area contributed by atoms with Crippen LogP contribution in [0.3, 0.4) is 0 Å². The van der Waals surface area contributed by atoms with Gasteiger partial charge in [-0.25, -0.2) is 0 Å². The van der Waals surface area contributed by atoms with Crippen molar-refractivity contribution < 1.29 is 0 Å². The number of rotatable bonds is 4. The van der Waals surface area contributed by atoms with Gasteiger partial charge in [0.25, 0.3) is 0 Å². The largest absolute Gasteiger partial charge is 0.256 e. The second-order valence-corrected chi connectivity index (χ2v) is 15.0.